The lowest BCUT2D eigenvalue weighted by Gasteiger charge is -2.27. The summed E-state index contributed by atoms with van der Waals surface area (Å²) in [6.07, 6.45) is 1.73. The highest BCUT2D eigenvalue weighted by molar-refractivity contribution is 7.95. The van der Waals surface area contributed by atoms with Crippen molar-refractivity contribution >= 4 is 40.1 Å². The smallest absolute Gasteiger partial charge is 0.332 e. The molecule has 0 atom stereocenters. The second-order valence-electron chi connectivity index (χ2n) is 11.8. The van der Waals surface area contributed by atoms with E-state index in [1.807, 2.05) is 32.0 Å². The van der Waals surface area contributed by atoms with Gasteiger partial charge in [0, 0.05) is 18.7 Å². The Morgan fingerprint density at radius 3 is 1.67 bits per heavy atom. The number of methoxy groups -OCH3 is 1. The van der Waals surface area contributed by atoms with Crippen molar-refractivity contribution in [1.82, 2.24) is 18.7 Å². The average Bonchev–Trinajstić information content (AvgIpc) is 3.48. The third kappa shape index (κ3) is 6.04. The molecular formula is C39H40N4O4P+. The van der Waals surface area contributed by atoms with Gasteiger partial charge in [0.25, 0.3) is 5.56 Å². The number of carbonyl (C=O) groups is 1. The van der Waals surface area contributed by atoms with E-state index in [9.17, 15) is 14.4 Å². The van der Waals surface area contributed by atoms with Crippen molar-refractivity contribution in [3.8, 4) is 5.75 Å². The number of hydrogen-bond donors (Lipinski definition) is 0. The van der Waals surface area contributed by atoms with Crippen LogP contribution >= 0.6 is 7.26 Å². The summed E-state index contributed by atoms with van der Waals surface area (Å²) in [6.45, 7) is 4.50. The molecule has 0 unspecified atom stereocenters. The molecule has 0 saturated heterocycles. The Bertz CT molecular complexity index is 2040. The molecule has 0 bridgehead atoms. The van der Waals surface area contributed by atoms with Gasteiger partial charge in [-0.1, -0.05) is 68.4 Å². The average molecular weight is 660 g/mol. The van der Waals surface area contributed by atoms with Gasteiger partial charge in [0.1, 0.15) is 35.1 Å². The molecule has 8 nitrogen and oxygen atoms in total. The zero-order valence-electron chi connectivity index (χ0n) is 27.6. The van der Waals surface area contributed by atoms with Gasteiger partial charge >= 0.3 is 5.69 Å². The number of rotatable bonds is 13. The molecule has 244 valence electrons. The molecule has 0 saturated carbocycles. The normalized spacial score (nSPS) is 11.6. The third-order valence-electron chi connectivity index (χ3n) is 8.77. The van der Waals surface area contributed by atoms with Crippen LogP contribution in [-0.2, 0) is 25.8 Å². The first-order chi connectivity index (χ1) is 23.4. The first kappa shape index (κ1) is 32.9. The highest BCUT2D eigenvalue weighted by atomic mass is 31.2. The van der Waals surface area contributed by atoms with Gasteiger partial charge < -0.3 is 9.30 Å². The van der Waals surface area contributed by atoms with E-state index in [-0.39, 0.29) is 30.1 Å². The maximum absolute atomic E-state index is 14.3. The molecule has 2 heterocycles. The summed E-state index contributed by atoms with van der Waals surface area (Å²) in [6, 6.07) is 38.3. The van der Waals surface area contributed by atoms with Gasteiger partial charge in [0.15, 0.2) is 22.8 Å². The fourth-order valence-corrected chi connectivity index (χ4v) is 10.6. The molecule has 48 heavy (non-hydrogen) atoms. The van der Waals surface area contributed by atoms with E-state index in [0.717, 1.165) is 15.9 Å². The fraction of sp³-hybridized carbons (Fsp3) is 0.231. The van der Waals surface area contributed by atoms with Gasteiger partial charge in [-0.15, -0.1) is 0 Å². The van der Waals surface area contributed by atoms with E-state index in [4.69, 9.17) is 9.72 Å². The number of aromatic nitrogens is 4. The van der Waals surface area contributed by atoms with E-state index in [2.05, 4.69) is 72.8 Å². The van der Waals surface area contributed by atoms with Crippen LogP contribution < -0.4 is 31.9 Å². The monoisotopic (exact) mass is 659 g/mol. The number of Topliss-reactive ketones (excluding diaryl/α,β-unsaturated/α-hetero) is 1. The number of benzene rings is 4. The van der Waals surface area contributed by atoms with Crippen molar-refractivity contribution in [2.75, 3.05) is 7.11 Å². The second-order valence-corrected chi connectivity index (χ2v) is 15.3. The van der Waals surface area contributed by atoms with Crippen LogP contribution in [0.4, 0.5) is 0 Å². The van der Waals surface area contributed by atoms with Crippen molar-refractivity contribution in [2.24, 2.45) is 0 Å². The van der Waals surface area contributed by atoms with Crippen LogP contribution in [0, 0.1) is 0 Å². The number of fused-ring (bicyclic) bond motifs is 1. The summed E-state index contributed by atoms with van der Waals surface area (Å²) in [5.74, 6) is 1.07. The van der Waals surface area contributed by atoms with E-state index in [1.54, 1.807) is 40.5 Å². The maximum atomic E-state index is 14.3. The highest BCUT2D eigenvalue weighted by Gasteiger charge is 2.47. The zero-order chi connectivity index (χ0) is 33.7. The molecule has 2 aromatic heterocycles. The van der Waals surface area contributed by atoms with Crippen LogP contribution in [-0.4, -0.2) is 31.6 Å². The Morgan fingerprint density at radius 1 is 0.688 bits per heavy atom. The first-order valence-corrected chi connectivity index (χ1v) is 18.3. The minimum Gasteiger partial charge on any atom is -0.497 e. The number of carbonyl (C=O) groups excluding carboxylic acids is 1. The molecule has 0 aliphatic heterocycles. The molecule has 9 heteroatoms. The summed E-state index contributed by atoms with van der Waals surface area (Å²) in [4.78, 5) is 47.2. The molecule has 0 aliphatic rings. The number of ether oxygens (including phenoxy) is 1. The molecular weight excluding hydrogens is 619 g/mol. The molecule has 4 aromatic carbocycles. The minimum absolute atomic E-state index is 0.109. The number of ketones is 1. The van der Waals surface area contributed by atoms with Crippen molar-refractivity contribution in [3.05, 3.63) is 147 Å². The van der Waals surface area contributed by atoms with Crippen LogP contribution in [0.3, 0.4) is 0 Å². The van der Waals surface area contributed by atoms with Crippen molar-refractivity contribution in [3.63, 3.8) is 0 Å². The summed E-state index contributed by atoms with van der Waals surface area (Å²) < 4.78 is 10.0. The minimum atomic E-state index is -2.47. The topological polar surface area (TPSA) is 88.1 Å². The molecule has 0 spiro atoms. The Labute approximate surface area is 280 Å². The first-order valence-electron chi connectivity index (χ1n) is 16.4. The van der Waals surface area contributed by atoms with Crippen molar-refractivity contribution in [1.29, 1.82) is 0 Å². The third-order valence-corrected chi connectivity index (χ3v) is 13.1. The fourth-order valence-electron chi connectivity index (χ4n) is 6.47. The van der Waals surface area contributed by atoms with Gasteiger partial charge in [-0.25, -0.2) is 9.78 Å². The van der Waals surface area contributed by atoms with Crippen LogP contribution in [0.5, 0.6) is 5.75 Å². The van der Waals surface area contributed by atoms with Gasteiger partial charge in [-0.05, 0) is 73.5 Å². The van der Waals surface area contributed by atoms with Crippen LogP contribution in [0.15, 0.2) is 125 Å². The maximum Gasteiger partial charge on any atom is 0.332 e. The van der Waals surface area contributed by atoms with Crippen molar-refractivity contribution in [2.45, 2.75) is 52.5 Å². The molecule has 0 aliphatic carbocycles. The Hall–Kier alpha value is -5.07. The largest absolute Gasteiger partial charge is 0.497 e. The second kappa shape index (κ2) is 14.4. The molecule has 6 rings (SSSR count). The quantitative estimate of drug-likeness (QED) is 0.120. The Kier molecular flexibility index (Phi) is 9.83. The number of aryl methyl sites for hydroxylation is 1. The molecule has 0 amide bonds. The Morgan fingerprint density at radius 2 is 1.19 bits per heavy atom. The number of imidazole rings is 1. The van der Waals surface area contributed by atoms with Gasteiger partial charge in [0.05, 0.1) is 13.7 Å². The van der Waals surface area contributed by atoms with Gasteiger partial charge in [0.2, 0.25) is 0 Å². The summed E-state index contributed by atoms with van der Waals surface area (Å²) in [7, 11) is -0.890. The summed E-state index contributed by atoms with van der Waals surface area (Å²) in [5.41, 5.74) is 0.303. The molecule has 0 N–H and O–H groups in total. The predicted octanol–water partition coefficient (Wildman–Crippen LogP) is 5.57. The predicted molar refractivity (Wildman–Crippen MR) is 195 cm³/mol. The van der Waals surface area contributed by atoms with Gasteiger partial charge in [-0.2, -0.15) is 0 Å². The van der Waals surface area contributed by atoms with E-state index >= 15 is 0 Å². The summed E-state index contributed by atoms with van der Waals surface area (Å²) in [5, 5.41) is 3.45. The number of hydrogen-bond acceptors (Lipinski definition) is 5. The van der Waals surface area contributed by atoms with Crippen LogP contribution in [0.2, 0.25) is 0 Å². The van der Waals surface area contributed by atoms with E-state index in [1.165, 1.54) is 4.57 Å². The highest BCUT2D eigenvalue weighted by Crippen LogP contribution is 2.58. The lowest BCUT2D eigenvalue weighted by atomic mass is 10.1. The lowest BCUT2D eigenvalue weighted by Crippen LogP contribution is -2.40. The SMILES string of the molecule is CCCn1c(=O)c2c(nc(C[P+](c3ccccc3)(c3ccccc3)c3ccccc3)n2CC(=O)c2ccc(OC)cc2)n(CCC)c1=O. The van der Waals surface area contributed by atoms with Crippen LogP contribution in [0.25, 0.3) is 11.2 Å². The Balaban J connectivity index is 1.67. The number of nitrogens with zero attached hydrogens (tertiary/aromatic N) is 4. The lowest BCUT2D eigenvalue weighted by molar-refractivity contribution is 0.0972. The molecule has 0 fully saturated rings. The van der Waals surface area contributed by atoms with Crippen molar-refractivity contribution < 1.29 is 9.53 Å². The molecule has 6 aromatic rings. The van der Waals surface area contributed by atoms with E-state index in [0.29, 0.717) is 48.3 Å². The molecule has 0 radical (unpaired) electrons. The standard InChI is InChI=1S/C39H40N4O4P/c1-4-25-41-37-36(38(45)42(26-5-2)39(41)46)43(27-34(44)29-21-23-30(47-3)24-22-29)35(40-37)28-48(31-15-9-6-10-16-31,32-17-11-7-12-18-32)33-19-13-8-14-20-33/h6-24H,4-5,25-28H2,1-3H3/q+1. The van der Waals surface area contributed by atoms with Crippen LogP contribution in [0.1, 0.15) is 42.9 Å². The van der Waals surface area contributed by atoms with Gasteiger partial charge in [-0.3, -0.25) is 18.7 Å². The summed E-state index contributed by atoms with van der Waals surface area (Å²) >= 11 is 0. The zero-order valence-corrected chi connectivity index (χ0v) is 28.5. The van der Waals surface area contributed by atoms with E-state index < -0.39 is 12.8 Å².